The second kappa shape index (κ2) is 8.31. The van der Waals surface area contributed by atoms with Crippen molar-refractivity contribution in [2.45, 2.75) is 25.8 Å². The highest BCUT2D eigenvalue weighted by molar-refractivity contribution is 7.99. The molecule has 0 radical (unpaired) electrons. The number of aryl methyl sites for hydroxylation is 3. The van der Waals surface area contributed by atoms with Crippen molar-refractivity contribution in [3.8, 4) is 11.3 Å². The largest absolute Gasteiger partial charge is 0.325 e. The third-order valence-corrected chi connectivity index (χ3v) is 4.99. The minimum absolute atomic E-state index is 0.0838. The third kappa shape index (κ3) is 4.92. The normalized spacial score (nSPS) is 10.7. The molecule has 3 aromatic rings. The number of amides is 1. The van der Waals surface area contributed by atoms with Gasteiger partial charge in [0.1, 0.15) is 10.8 Å². The number of halogens is 1. The Morgan fingerprint density at radius 3 is 2.26 bits per heavy atom. The van der Waals surface area contributed by atoms with E-state index in [0.717, 1.165) is 22.4 Å². The number of carbonyl (C=O) groups is 1. The van der Waals surface area contributed by atoms with Crippen LogP contribution in [0.4, 0.5) is 10.1 Å². The van der Waals surface area contributed by atoms with Crippen LogP contribution in [-0.2, 0) is 4.79 Å². The Morgan fingerprint density at radius 2 is 1.67 bits per heavy atom. The zero-order chi connectivity index (χ0) is 19.4. The Kier molecular flexibility index (Phi) is 5.86. The van der Waals surface area contributed by atoms with Crippen LogP contribution >= 0.6 is 11.8 Å². The average Bonchev–Trinajstić information content (AvgIpc) is 2.64. The molecule has 0 aliphatic rings. The Labute approximate surface area is 162 Å². The molecule has 1 amide bonds. The third-order valence-electron chi connectivity index (χ3n) is 4.07. The van der Waals surface area contributed by atoms with Gasteiger partial charge in [0.15, 0.2) is 0 Å². The predicted molar refractivity (Wildman–Crippen MR) is 107 cm³/mol. The molecule has 0 aliphatic heterocycles. The van der Waals surface area contributed by atoms with E-state index in [1.807, 2.05) is 32.9 Å². The van der Waals surface area contributed by atoms with E-state index >= 15 is 0 Å². The van der Waals surface area contributed by atoms with E-state index in [4.69, 9.17) is 0 Å². The number of anilines is 1. The Hall–Kier alpha value is -2.73. The molecule has 0 aliphatic carbocycles. The first-order valence-corrected chi connectivity index (χ1v) is 9.51. The van der Waals surface area contributed by atoms with Crippen molar-refractivity contribution in [3.63, 3.8) is 0 Å². The lowest BCUT2D eigenvalue weighted by Crippen LogP contribution is -2.16. The number of nitrogens with zero attached hydrogens (tertiary/aromatic N) is 2. The van der Waals surface area contributed by atoms with Crippen molar-refractivity contribution in [1.82, 2.24) is 10.2 Å². The summed E-state index contributed by atoms with van der Waals surface area (Å²) in [4.78, 5) is 12.3. The number of carbonyl (C=O) groups excluding carboxylic acids is 1. The highest BCUT2D eigenvalue weighted by Gasteiger charge is 2.10. The maximum Gasteiger partial charge on any atom is 0.234 e. The van der Waals surface area contributed by atoms with Crippen LogP contribution in [0, 0.1) is 26.6 Å². The highest BCUT2D eigenvalue weighted by Crippen LogP contribution is 2.23. The molecule has 0 bridgehead atoms. The molecule has 1 heterocycles. The molecular formula is C21H20FN3OS. The molecule has 3 rings (SSSR count). The minimum Gasteiger partial charge on any atom is -0.325 e. The van der Waals surface area contributed by atoms with Crippen LogP contribution in [0.1, 0.15) is 16.7 Å². The van der Waals surface area contributed by atoms with Crippen molar-refractivity contribution in [3.05, 3.63) is 71.0 Å². The predicted octanol–water partition coefficient (Wildman–Crippen LogP) is 4.94. The van der Waals surface area contributed by atoms with Gasteiger partial charge in [-0.3, -0.25) is 4.79 Å². The number of thioether (sulfide) groups is 1. The summed E-state index contributed by atoms with van der Waals surface area (Å²) in [6.07, 6.45) is 0. The zero-order valence-electron chi connectivity index (χ0n) is 15.4. The van der Waals surface area contributed by atoms with Gasteiger partial charge in [0, 0.05) is 11.3 Å². The highest BCUT2D eigenvalue weighted by atomic mass is 32.2. The number of aromatic nitrogens is 2. The molecule has 0 fully saturated rings. The van der Waals surface area contributed by atoms with E-state index in [9.17, 15) is 9.18 Å². The summed E-state index contributed by atoms with van der Waals surface area (Å²) in [6, 6.07) is 13.8. The summed E-state index contributed by atoms with van der Waals surface area (Å²) in [7, 11) is 0. The number of hydrogen-bond donors (Lipinski definition) is 1. The van der Waals surface area contributed by atoms with Crippen molar-refractivity contribution < 1.29 is 9.18 Å². The van der Waals surface area contributed by atoms with Crippen LogP contribution in [-0.4, -0.2) is 21.9 Å². The fourth-order valence-corrected chi connectivity index (χ4v) is 3.48. The van der Waals surface area contributed by atoms with Crippen LogP contribution in [0.3, 0.4) is 0 Å². The molecule has 4 nitrogen and oxygen atoms in total. The summed E-state index contributed by atoms with van der Waals surface area (Å²) in [5, 5.41) is 11.9. The van der Waals surface area contributed by atoms with E-state index in [1.165, 1.54) is 29.5 Å². The van der Waals surface area contributed by atoms with Crippen molar-refractivity contribution in [1.29, 1.82) is 0 Å². The Balaban J connectivity index is 1.60. The SMILES string of the molecule is Cc1cc(C)c(NC(=O)CSc2ccc(-c3ccc(F)cc3)nn2)c(C)c1. The standard InChI is InChI=1S/C21H20FN3OS/c1-13-10-14(2)21(15(3)11-13)23-19(26)12-27-20-9-8-18(24-25-20)16-4-6-17(22)7-5-16/h4-11H,12H2,1-3H3,(H,23,26). The van der Waals surface area contributed by atoms with Crippen LogP contribution in [0.2, 0.25) is 0 Å². The minimum atomic E-state index is -0.288. The molecule has 1 N–H and O–H groups in total. The number of nitrogens with one attached hydrogen (secondary N) is 1. The Bertz CT molecular complexity index is 933. The van der Waals surface area contributed by atoms with Crippen LogP contribution in [0.25, 0.3) is 11.3 Å². The summed E-state index contributed by atoms with van der Waals surface area (Å²) >= 11 is 1.32. The van der Waals surface area contributed by atoms with Crippen molar-refractivity contribution in [2.24, 2.45) is 0 Å². The van der Waals surface area contributed by atoms with Crippen LogP contribution < -0.4 is 5.32 Å². The van der Waals surface area contributed by atoms with Gasteiger partial charge in [0.2, 0.25) is 5.91 Å². The van der Waals surface area contributed by atoms with Gasteiger partial charge < -0.3 is 5.32 Å². The fraction of sp³-hybridized carbons (Fsp3) is 0.190. The smallest absolute Gasteiger partial charge is 0.234 e. The fourth-order valence-electron chi connectivity index (χ4n) is 2.86. The lowest BCUT2D eigenvalue weighted by atomic mass is 10.1. The molecule has 0 atom stereocenters. The van der Waals surface area contributed by atoms with E-state index in [-0.39, 0.29) is 17.5 Å². The second-order valence-corrected chi connectivity index (χ2v) is 7.37. The first kappa shape index (κ1) is 19.0. The maximum absolute atomic E-state index is 13.0. The quantitative estimate of drug-likeness (QED) is 0.636. The van der Waals surface area contributed by atoms with Gasteiger partial charge >= 0.3 is 0 Å². The van der Waals surface area contributed by atoms with E-state index in [1.54, 1.807) is 12.1 Å². The van der Waals surface area contributed by atoms with Crippen LogP contribution in [0.5, 0.6) is 0 Å². The molecule has 0 saturated heterocycles. The van der Waals surface area contributed by atoms with Gasteiger partial charge in [-0.15, -0.1) is 10.2 Å². The van der Waals surface area contributed by atoms with E-state index < -0.39 is 0 Å². The van der Waals surface area contributed by atoms with Crippen molar-refractivity contribution in [2.75, 3.05) is 11.1 Å². The zero-order valence-corrected chi connectivity index (χ0v) is 16.2. The van der Waals surface area contributed by atoms with Gasteiger partial charge in [-0.05, 0) is 68.3 Å². The van der Waals surface area contributed by atoms with Gasteiger partial charge in [0.25, 0.3) is 0 Å². The van der Waals surface area contributed by atoms with Gasteiger partial charge in [-0.2, -0.15) is 0 Å². The molecule has 27 heavy (non-hydrogen) atoms. The number of rotatable bonds is 5. The molecule has 138 valence electrons. The molecular weight excluding hydrogens is 361 g/mol. The monoisotopic (exact) mass is 381 g/mol. The van der Waals surface area contributed by atoms with Gasteiger partial charge in [0.05, 0.1) is 11.4 Å². The van der Waals surface area contributed by atoms with E-state index in [0.29, 0.717) is 10.7 Å². The lowest BCUT2D eigenvalue weighted by Gasteiger charge is -2.12. The summed E-state index contributed by atoms with van der Waals surface area (Å²) < 4.78 is 13.0. The topological polar surface area (TPSA) is 54.9 Å². The summed E-state index contributed by atoms with van der Waals surface area (Å²) in [5.41, 5.74) is 5.60. The molecule has 2 aromatic carbocycles. The number of hydrogen-bond acceptors (Lipinski definition) is 4. The van der Waals surface area contributed by atoms with E-state index in [2.05, 4.69) is 27.6 Å². The molecule has 0 unspecified atom stereocenters. The summed E-state index contributed by atoms with van der Waals surface area (Å²) in [5.74, 6) is -0.124. The molecule has 6 heteroatoms. The summed E-state index contributed by atoms with van der Waals surface area (Å²) in [6.45, 7) is 6.01. The Morgan fingerprint density at radius 1 is 1.00 bits per heavy atom. The first-order chi connectivity index (χ1) is 12.9. The second-order valence-electron chi connectivity index (χ2n) is 6.37. The first-order valence-electron chi connectivity index (χ1n) is 8.52. The van der Waals surface area contributed by atoms with Gasteiger partial charge in [-0.25, -0.2) is 4.39 Å². The molecule has 0 saturated carbocycles. The number of benzene rings is 2. The molecule has 1 aromatic heterocycles. The maximum atomic E-state index is 13.0. The van der Waals surface area contributed by atoms with Gasteiger partial charge in [-0.1, -0.05) is 29.5 Å². The van der Waals surface area contributed by atoms with Crippen LogP contribution in [0.15, 0.2) is 53.6 Å². The lowest BCUT2D eigenvalue weighted by molar-refractivity contribution is -0.113. The van der Waals surface area contributed by atoms with Crippen molar-refractivity contribution >= 4 is 23.4 Å². The molecule has 0 spiro atoms. The average molecular weight is 381 g/mol.